The summed E-state index contributed by atoms with van der Waals surface area (Å²) in [6, 6.07) is 10.5. The van der Waals surface area contributed by atoms with Gasteiger partial charge in [0, 0.05) is 12.8 Å². The lowest BCUT2D eigenvalue weighted by Gasteiger charge is -2.41. The van der Waals surface area contributed by atoms with Crippen molar-refractivity contribution >= 4 is 27.4 Å². The van der Waals surface area contributed by atoms with E-state index < -0.39 is 63.7 Å². The highest BCUT2D eigenvalue weighted by Crippen LogP contribution is 2.48. The smallest absolute Gasteiger partial charge is 0.416 e. The van der Waals surface area contributed by atoms with Gasteiger partial charge < -0.3 is 10.1 Å². The summed E-state index contributed by atoms with van der Waals surface area (Å²) in [6.07, 6.45) is -11.2. The SMILES string of the molecule is CC(C)(C)c1ccc(C2=C(C(=O)NS(C)(=O)=O)C(=O)N[C@@](c3ccc(OCCCC(F)(F)F)cc3)(C(F)(F)F)C2)cc1. The van der Waals surface area contributed by atoms with Crippen molar-refractivity contribution in [2.45, 2.75) is 63.3 Å². The zero-order valence-electron chi connectivity index (χ0n) is 23.2. The van der Waals surface area contributed by atoms with Crippen molar-refractivity contribution in [2.24, 2.45) is 0 Å². The second kappa shape index (κ2) is 11.6. The van der Waals surface area contributed by atoms with Crippen LogP contribution in [0, 0.1) is 0 Å². The molecule has 0 aliphatic carbocycles. The molecule has 0 saturated carbocycles. The molecule has 1 atom stereocenters. The van der Waals surface area contributed by atoms with E-state index >= 15 is 0 Å². The molecule has 230 valence electrons. The number of halogens is 6. The largest absolute Gasteiger partial charge is 0.494 e. The van der Waals surface area contributed by atoms with E-state index in [0.29, 0.717) is 6.26 Å². The maximum atomic E-state index is 14.9. The molecule has 0 aromatic heterocycles. The molecule has 2 aromatic carbocycles. The number of sulfonamides is 1. The molecule has 42 heavy (non-hydrogen) atoms. The molecule has 3 rings (SSSR count). The number of hydrogen-bond acceptors (Lipinski definition) is 5. The van der Waals surface area contributed by atoms with Crippen molar-refractivity contribution in [3.05, 3.63) is 70.8 Å². The lowest BCUT2D eigenvalue weighted by atomic mass is 9.76. The Kier molecular flexibility index (Phi) is 9.11. The summed E-state index contributed by atoms with van der Waals surface area (Å²) in [6.45, 7) is 5.42. The normalized spacial score (nSPS) is 18.5. The molecule has 1 aliphatic heterocycles. The van der Waals surface area contributed by atoms with Crippen LogP contribution < -0.4 is 14.8 Å². The average molecular weight is 621 g/mol. The number of carbonyl (C=O) groups excluding carboxylic acids is 2. The van der Waals surface area contributed by atoms with Crippen molar-refractivity contribution in [1.82, 2.24) is 10.0 Å². The van der Waals surface area contributed by atoms with Crippen LogP contribution in [0.15, 0.2) is 54.1 Å². The van der Waals surface area contributed by atoms with E-state index in [-0.39, 0.29) is 35.3 Å². The Labute approximate surface area is 239 Å². The van der Waals surface area contributed by atoms with Gasteiger partial charge in [0.15, 0.2) is 5.54 Å². The molecule has 2 N–H and O–H groups in total. The zero-order valence-corrected chi connectivity index (χ0v) is 24.0. The molecule has 0 spiro atoms. The molecule has 0 radical (unpaired) electrons. The topological polar surface area (TPSA) is 102 Å². The van der Waals surface area contributed by atoms with E-state index in [2.05, 4.69) is 0 Å². The fourth-order valence-corrected chi connectivity index (χ4v) is 4.91. The first-order chi connectivity index (χ1) is 19.1. The third kappa shape index (κ3) is 7.84. The van der Waals surface area contributed by atoms with Gasteiger partial charge in [0.05, 0.1) is 12.9 Å². The van der Waals surface area contributed by atoms with Crippen LogP contribution in [0.3, 0.4) is 0 Å². The fraction of sp³-hybridized carbons (Fsp3) is 0.429. The van der Waals surface area contributed by atoms with Crippen LogP contribution in [0.25, 0.3) is 5.57 Å². The predicted molar refractivity (Wildman–Crippen MR) is 143 cm³/mol. The lowest BCUT2D eigenvalue weighted by Crippen LogP contribution is -2.59. The minimum atomic E-state index is -5.10. The monoisotopic (exact) mass is 620 g/mol. The second-order valence-electron chi connectivity index (χ2n) is 11.0. The Morgan fingerprint density at radius 1 is 0.976 bits per heavy atom. The molecule has 0 unspecified atom stereocenters. The van der Waals surface area contributed by atoms with E-state index in [4.69, 9.17) is 4.74 Å². The van der Waals surface area contributed by atoms with Gasteiger partial charge in [-0.3, -0.25) is 9.59 Å². The minimum Gasteiger partial charge on any atom is -0.494 e. The number of carbonyl (C=O) groups is 2. The van der Waals surface area contributed by atoms with Gasteiger partial charge >= 0.3 is 12.4 Å². The Morgan fingerprint density at radius 3 is 2.02 bits per heavy atom. The molecule has 7 nitrogen and oxygen atoms in total. The molecule has 1 heterocycles. The maximum Gasteiger partial charge on any atom is 0.416 e. The average Bonchev–Trinajstić information content (AvgIpc) is 2.83. The standard InChI is InChI=1S/C28H30F6N2O5S/c1-25(2,3)18-8-6-17(7-9-18)21-16-26(28(32,33)34,35-23(37)22(21)24(38)36-42(4,39)40)19-10-12-20(13-11-19)41-15-5-14-27(29,30)31/h6-13H,5,14-16H2,1-4H3,(H,35,37)(H,36,38)/t26-/m0/s1. The Balaban J connectivity index is 2.08. The molecule has 1 aliphatic rings. The summed E-state index contributed by atoms with van der Waals surface area (Å²) in [5, 5.41) is 1.88. The number of benzene rings is 2. The van der Waals surface area contributed by atoms with Crippen molar-refractivity contribution < 1.29 is 49.1 Å². The van der Waals surface area contributed by atoms with Gasteiger partial charge in [-0.2, -0.15) is 26.3 Å². The number of nitrogens with one attached hydrogen (secondary N) is 2. The van der Waals surface area contributed by atoms with Crippen molar-refractivity contribution in [2.75, 3.05) is 12.9 Å². The highest BCUT2D eigenvalue weighted by molar-refractivity contribution is 7.89. The zero-order chi connectivity index (χ0) is 31.7. The fourth-order valence-electron chi connectivity index (χ4n) is 4.48. The summed E-state index contributed by atoms with van der Waals surface area (Å²) < 4.78 is 112. The van der Waals surface area contributed by atoms with Gasteiger partial charge in [0.1, 0.15) is 11.3 Å². The molecule has 0 bridgehead atoms. The third-order valence-corrected chi connectivity index (χ3v) is 7.16. The number of amides is 2. The van der Waals surface area contributed by atoms with Gasteiger partial charge in [-0.05, 0) is 46.2 Å². The number of rotatable bonds is 8. The molecule has 2 aromatic rings. The highest BCUT2D eigenvalue weighted by Gasteiger charge is 2.60. The molecule has 0 saturated heterocycles. The first-order valence-corrected chi connectivity index (χ1v) is 14.6. The quantitative estimate of drug-likeness (QED) is 0.230. The van der Waals surface area contributed by atoms with E-state index in [1.807, 2.05) is 26.1 Å². The van der Waals surface area contributed by atoms with E-state index in [1.165, 1.54) is 12.1 Å². The molecule has 0 fully saturated rings. The van der Waals surface area contributed by atoms with Crippen LogP contribution in [-0.4, -0.2) is 45.4 Å². The predicted octanol–water partition coefficient (Wildman–Crippen LogP) is 5.51. The highest BCUT2D eigenvalue weighted by atomic mass is 32.2. The number of alkyl halides is 6. The summed E-state index contributed by atoms with van der Waals surface area (Å²) in [5.74, 6) is -2.81. The van der Waals surface area contributed by atoms with Gasteiger partial charge in [-0.25, -0.2) is 13.1 Å². The summed E-state index contributed by atoms with van der Waals surface area (Å²) in [4.78, 5) is 26.1. The second-order valence-corrected chi connectivity index (χ2v) is 12.8. The maximum absolute atomic E-state index is 14.9. The number of ether oxygens (including phenoxy) is 1. The Morgan fingerprint density at radius 2 is 1.55 bits per heavy atom. The van der Waals surface area contributed by atoms with Crippen LogP contribution in [-0.2, 0) is 30.6 Å². The van der Waals surface area contributed by atoms with Crippen molar-refractivity contribution in [3.8, 4) is 5.75 Å². The molecule has 14 heteroatoms. The van der Waals surface area contributed by atoms with Crippen molar-refractivity contribution in [3.63, 3.8) is 0 Å². The van der Waals surface area contributed by atoms with E-state index in [9.17, 15) is 44.3 Å². The van der Waals surface area contributed by atoms with E-state index in [0.717, 1.165) is 29.8 Å². The minimum absolute atomic E-state index is 0.0159. The van der Waals surface area contributed by atoms with Crippen LogP contribution >= 0.6 is 0 Å². The van der Waals surface area contributed by atoms with Crippen LogP contribution in [0.4, 0.5) is 26.3 Å². The molecule has 2 amide bonds. The Hall–Kier alpha value is -3.55. The van der Waals surface area contributed by atoms with Crippen LogP contribution in [0.5, 0.6) is 5.75 Å². The third-order valence-electron chi connectivity index (χ3n) is 6.61. The van der Waals surface area contributed by atoms with Crippen LogP contribution in [0.2, 0.25) is 0 Å². The van der Waals surface area contributed by atoms with E-state index in [1.54, 1.807) is 16.9 Å². The first kappa shape index (κ1) is 33.0. The van der Waals surface area contributed by atoms with Crippen molar-refractivity contribution in [1.29, 1.82) is 0 Å². The molecular formula is C28H30F6N2O5S. The summed E-state index contributed by atoms with van der Waals surface area (Å²) in [5.41, 5.74) is -3.97. The van der Waals surface area contributed by atoms with Gasteiger partial charge in [-0.15, -0.1) is 0 Å². The summed E-state index contributed by atoms with van der Waals surface area (Å²) >= 11 is 0. The molecular weight excluding hydrogens is 590 g/mol. The van der Waals surface area contributed by atoms with Gasteiger partial charge in [0.2, 0.25) is 10.0 Å². The Bertz CT molecular complexity index is 1460. The first-order valence-electron chi connectivity index (χ1n) is 12.7. The number of hydrogen-bond donors (Lipinski definition) is 2. The lowest BCUT2D eigenvalue weighted by molar-refractivity contribution is -0.201. The van der Waals surface area contributed by atoms with Crippen LogP contribution in [0.1, 0.15) is 56.7 Å². The summed E-state index contributed by atoms with van der Waals surface area (Å²) in [7, 11) is -4.17. The van der Waals surface area contributed by atoms with Gasteiger partial charge in [-0.1, -0.05) is 57.2 Å². The van der Waals surface area contributed by atoms with Gasteiger partial charge in [0.25, 0.3) is 11.8 Å².